The summed E-state index contributed by atoms with van der Waals surface area (Å²) in [6.45, 7) is 12.2. The number of carbonyl (C=O) groups is 1. The second kappa shape index (κ2) is 18.7. The van der Waals surface area contributed by atoms with Crippen LogP contribution in [0.2, 0.25) is 0 Å². The van der Waals surface area contributed by atoms with Crippen molar-refractivity contribution in [1.82, 2.24) is 9.80 Å². The molecule has 0 aliphatic carbocycles. The average molecular weight is 617 g/mol. The van der Waals surface area contributed by atoms with Gasteiger partial charge >= 0.3 is 0 Å². The Morgan fingerprint density at radius 1 is 0.956 bits per heavy atom. The van der Waals surface area contributed by atoms with Crippen molar-refractivity contribution in [3.8, 4) is 5.75 Å². The number of piperidine rings is 1. The van der Waals surface area contributed by atoms with Gasteiger partial charge < -0.3 is 19.9 Å². The number of likely N-dealkylation sites (tertiary alicyclic amines) is 1. The Morgan fingerprint density at radius 3 is 2.27 bits per heavy atom. The van der Waals surface area contributed by atoms with Crippen molar-refractivity contribution in [3.63, 3.8) is 0 Å². The van der Waals surface area contributed by atoms with Crippen LogP contribution in [-0.4, -0.2) is 82.6 Å². The number of nitrogens with zero attached hydrogens (tertiary/aromatic N) is 5. The third kappa shape index (κ3) is 11.1. The summed E-state index contributed by atoms with van der Waals surface area (Å²) in [4.78, 5) is 28.1. The van der Waals surface area contributed by atoms with E-state index in [4.69, 9.17) is 4.74 Å². The second-order valence-corrected chi connectivity index (χ2v) is 11.3. The second-order valence-electron chi connectivity index (χ2n) is 11.3. The highest BCUT2D eigenvalue weighted by Gasteiger charge is 2.17. The van der Waals surface area contributed by atoms with Gasteiger partial charge in [0.1, 0.15) is 11.6 Å². The lowest BCUT2D eigenvalue weighted by Gasteiger charge is -2.29. The van der Waals surface area contributed by atoms with Crippen LogP contribution in [0.15, 0.2) is 76.5 Å². The zero-order chi connectivity index (χ0) is 32.6. The fraction of sp³-hybridized carbons (Fsp3) is 0.417. The molecule has 0 atom stereocenters. The number of rotatable bonds is 9. The maximum absolute atomic E-state index is 14.5. The van der Waals surface area contributed by atoms with Crippen molar-refractivity contribution in [2.45, 2.75) is 46.0 Å². The average Bonchev–Trinajstić information content (AvgIpc) is 3.58. The lowest BCUT2D eigenvalue weighted by Crippen LogP contribution is -2.29. The summed E-state index contributed by atoms with van der Waals surface area (Å²) in [6.07, 6.45) is 9.15. The van der Waals surface area contributed by atoms with Gasteiger partial charge in [-0.25, -0.2) is 9.38 Å². The Balaban J connectivity index is 0.000000853. The molecule has 2 heterocycles. The van der Waals surface area contributed by atoms with E-state index in [1.807, 2.05) is 64.2 Å². The first kappa shape index (κ1) is 35.4. The highest BCUT2D eigenvalue weighted by atomic mass is 19.1. The first-order valence-corrected chi connectivity index (χ1v) is 15.9. The molecule has 0 aromatic heterocycles. The van der Waals surface area contributed by atoms with E-state index in [0.717, 1.165) is 55.5 Å². The molecule has 2 aliphatic heterocycles. The van der Waals surface area contributed by atoms with Crippen LogP contribution >= 0.6 is 0 Å². The molecule has 2 fully saturated rings. The van der Waals surface area contributed by atoms with E-state index in [1.165, 1.54) is 31.4 Å². The van der Waals surface area contributed by atoms with Crippen LogP contribution in [0.5, 0.6) is 5.75 Å². The van der Waals surface area contributed by atoms with E-state index in [9.17, 15) is 9.18 Å². The van der Waals surface area contributed by atoms with Crippen LogP contribution in [0, 0.1) is 5.82 Å². The van der Waals surface area contributed by atoms with Crippen LogP contribution in [0.25, 0.3) is 10.8 Å². The summed E-state index contributed by atoms with van der Waals surface area (Å²) in [5, 5.41) is 4.56. The predicted molar refractivity (Wildman–Crippen MR) is 188 cm³/mol. The van der Waals surface area contributed by atoms with E-state index >= 15 is 0 Å². The van der Waals surface area contributed by atoms with Gasteiger partial charge in [-0.1, -0.05) is 38.1 Å². The summed E-state index contributed by atoms with van der Waals surface area (Å²) < 4.78 is 20.5. The van der Waals surface area contributed by atoms with E-state index in [0.29, 0.717) is 24.0 Å². The first-order chi connectivity index (χ1) is 21.8. The molecule has 0 saturated carbocycles. The molecule has 5 rings (SSSR count). The number of amides is 1. The van der Waals surface area contributed by atoms with Crippen molar-refractivity contribution < 1.29 is 13.9 Å². The zero-order valence-corrected chi connectivity index (χ0v) is 27.6. The number of carbonyl (C=O) groups excluding carboxylic acids is 1. The summed E-state index contributed by atoms with van der Waals surface area (Å²) >= 11 is 0. The normalized spacial score (nSPS) is 15.4. The lowest BCUT2D eigenvalue weighted by atomic mass is 10.1. The minimum atomic E-state index is -0.419. The summed E-state index contributed by atoms with van der Waals surface area (Å²) in [5.74, 6) is 0.117. The predicted octanol–water partition coefficient (Wildman–Crippen LogP) is 7.47. The van der Waals surface area contributed by atoms with Crippen molar-refractivity contribution in [3.05, 3.63) is 77.9 Å². The van der Waals surface area contributed by atoms with Crippen molar-refractivity contribution >= 4 is 41.0 Å². The van der Waals surface area contributed by atoms with Crippen molar-refractivity contribution in [2.75, 3.05) is 64.2 Å². The Morgan fingerprint density at radius 2 is 1.60 bits per heavy atom. The van der Waals surface area contributed by atoms with Gasteiger partial charge in [-0.2, -0.15) is 0 Å². The fourth-order valence-electron chi connectivity index (χ4n) is 5.14. The van der Waals surface area contributed by atoms with Gasteiger partial charge in [0.2, 0.25) is 5.88 Å². The number of nitrogens with one attached hydrogen (secondary N) is 1. The maximum atomic E-state index is 14.5. The molecule has 2 saturated heterocycles. The molecular formula is C36H49FN6O2. The van der Waals surface area contributed by atoms with Crippen LogP contribution in [0.1, 0.15) is 56.3 Å². The maximum Gasteiger partial charge on any atom is 0.255 e. The minimum absolute atomic E-state index is 0.286. The van der Waals surface area contributed by atoms with Gasteiger partial charge in [0.15, 0.2) is 0 Å². The Labute approximate surface area is 268 Å². The van der Waals surface area contributed by atoms with Crippen molar-refractivity contribution in [1.29, 1.82) is 0 Å². The molecule has 2 aliphatic rings. The third-order valence-electron chi connectivity index (χ3n) is 7.17. The largest absolute Gasteiger partial charge is 0.438 e. The SMILES string of the molecule is C=N/C(=C\C=N/CN1CCCC1)Oc1ccc(NC(=O)c2cc(F)cc(N3CCCCC3)c2)c2ccccc12.CC.CN(C)C. The Hall–Kier alpha value is -4.08. The molecule has 8 nitrogen and oxygen atoms in total. The van der Waals surface area contributed by atoms with Crippen LogP contribution in [-0.2, 0) is 0 Å². The van der Waals surface area contributed by atoms with Crippen LogP contribution < -0.4 is 15.0 Å². The van der Waals surface area contributed by atoms with Gasteiger partial charge in [-0.3, -0.25) is 14.7 Å². The number of hydrogen-bond donors (Lipinski definition) is 1. The third-order valence-corrected chi connectivity index (χ3v) is 7.17. The quantitative estimate of drug-likeness (QED) is 0.200. The summed E-state index contributed by atoms with van der Waals surface area (Å²) in [6, 6.07) is 15.7. The van der Waals surface area contributed by atoms with Gasteiger partial charge in [0.25, 0.3) is 5.91 Å². The molecule has 1 N–H and O–H groups in total. The first-order valence-electron chi connectivity index (χ1n) is 15.9. The van der Waals surface area contributed by atoms with E-state index in [1.54, 1.807) is 30.5 Å². The monoisotopic (exact) mass is 616 g/mol. The fourth-order valence-corrected chi connectivity index (χ4v) is 5.14. The number of hydrogen-bond acceptors (Lipinski definition) is 7. The Kier molecular flexibility index (Phi) is 14.7. The number of aliphatic imine (C=N–C) groups is 2. The van der Waals surface area contributed by atoms with Gasteiger partial charge in [-0.15, -0.1) is 0 Å². The number of halogens is 1. The molecule has 3 aromatic carbocycles. The summed E-state index contributed by atoms with van der Waals surface area (Å²) in [7, 11) is 6.00. The van der Waals surface area contributed by atoms with Gasteiger partial charge in [0.05, 0.1) is 6.67 Å². The van der Waals surface area contributed by atoms with E-state index in [2.05, 4.69) is 31.8 Å². The minimum Gasteiger partial charge on any atom is -0.438 e. The zero-order valence-electron chi connectivity index (χ0n) is 27.6. The highest BCUT2D eigenvalue weighted by molar-refractivity contribution is 6.10. The van der Waals surface area contributed by atoms with Gasteiger partial charge in [-0.05, 0) is 103 Å². The molecule has 0 bridgehead atoms. The van der Waals surface area contributed by atoms with Gasteiger partial charge in [0, 0.05) is 53.1 Å². The molecule has 3 aromatic rings. The molecule has 9 heteroatoms. The molecule has 242 valence electrons. The van der Waals surface area contributed by atoms with Crippen LogP contribution in [0.4, 0.5) is 15.8 Å². The smallest absolute Gasteiger partial charge is 0.255 e. The number of allylic oxidation sites excluding steroid dienone is 1. The number of anilines is 2. The Bertz CT molecular complexity index is 1440. The lowest BCUT2D eigenvalue weighted by molar-refractivity contribution is 0.102. The summed E-state index contributed by atoms with van der Waals surface area (Å²) in [5.41, 5.74) is 1.64. The molecule has 0 unspecified atom stereocenters. The molecule has 0 spiro atoms. The molecule has 1 amide bonds. The molecule has 0 radical (unpaired) electrons. The standard InChI is InChI=1S/C31H34FN5O2.C3H9N.C2H6/c1-33-30(13-14-34-22-36-15-7-8-16-36)39-29-12-11-28(26-9-3-4-10-27(26)29)35-31(38)23-19-24(32)21-25(20-23)37-17-5-2-6-18-37;1-4(2)3;1-2/h3-4,9-14,19-21H,1-2,5-8,15-18,22H2,(H,35,38);1-3H3;1-2H3/b30-13+,34-14-;;. The molecular weight excluding hydrogens is 567 g/mol. The van der Waals surface area contributed by atoms with E-state index < -0.39 is 5.82 Å². The van der Waals surface area contributed by atoms with E-state index in [-0.39, 0.29) is 11.5 Å². The number of benzene rings is 3. The van der Waals surface area contributed by atoms with Crippen molar-refractivity contribution in [2.24, 2.45) is 9.98 Å². The number of ether oxygens (including phenoxy) is 1. The molecule has 45 heavy (non-hydrogen) atoms. The number of fused-ring (bicyclic) bond motifs is 1. The topological polar surface area (TPSA) is 72.8 Å². The highest BCUT2D eigenvalue weighted by Crippen LogP contribution is 2.33. The van der Waals surface area contributed by atoms with Crippen LogP contribution in [0.3, 0.4) is 0 Å².